The standard InChI is InChI=1S/C14H20O2/c1-14(2)10-9-13(15)8-7-12(14)6-4-5-11-16-3/h6H,4,7-10H2,1-3H3/b12-6+. The minimum absolute atomic E-state index is 0.140. The Bertz CT molecular complexity index is 339. The second-order valence-electron chi connectivity index (χ2n) is 4.84. The summed E-state index contributed by atoms with van der Waals surface area (Å²) in [5.74, 6) is 3.31. The van der Waals surface area contributed by atoms with Gasteiger partial charge in [0.15, 0.2) is 0 Å². The molecule has 0 unspecified atom stereocenters. The highest BCUT2D eigenvalue weighted by Gasteiger charge is 2.27. The fraction of sp³-hybridized carbons (Fsp3) is 0.643. The van der Waals surface area contributed by atoms with Crippen molar-refractivity contribution >= 4 is 5.78 Å². The number of Topliss-reactive ketones (excluding diaryl/α,β-unsaturated/α-hetero) is 1. The van der Waals surface area contributed by atoms with E-state index in [1.165, 1.54) is 5.57 Å². The fourth-order valence-corrected chi connectivity index (χ4v) is 2.02. The number of ketones is 1. The van der Waals surface area contributed by atoms with Crippen molar-refractivity contribution in [1.82, 2.24) is 0 Å². The predicted molar refractivity (Wildman–Crippen MR) is 64.7 cm³/mol. The average molecular weight is 220 g/mol. The summed E-state index contributed by atoms with van der Waals surface area (Å²) in [5, 5.41) is 0. The molecule has 1 aliphatic rings. The summed E-state index contributed by atoms with van der Waals surface area (Å²) in [7, 11) is 1.56. The maximum atomic E-state index is 11.4. The van der Waals surface area contributed by atoms with Crippen molar-refractivity contribution in [2.75, 3.05) is 7.11 Å². The van der Waals surface area contributed by atoms with Gasteiger partial charge in [0.2, 0.25) is 0 Å². The predicted octanol–water partition coefficient (Wildman–Crippen LogP) is 3.08. The Hall–Kier alpha value is -1.23. The van der Waals surface area contributed by atoms with Gasteiger partial charge in [-0.2, -0.15) is 0 Å². The number of methoxy groups -OCH3 is 1. The van der Waals surface area contributed by atoms with Gasteiger partial charge in [-0.25, -0.2) is 0 Å². The van der Waals surface area contributed by atoms with Gasteiger partial charge >= 0.3 is 0 Å². The lowest BCUT2D eigenvalue weighted by atomic mass is 9.80. The first-order valence-corrected chi connectivity index (χ1v) is 5.78. The summed E-state index contributed by atoms with van der Waals surface area (Å²) in [6, 6.07) is 0. The first-order chi connectivity index (χ1) is 7.56. The monoisotopic (exact) mass is 220 g/mol. The Morgan fingerprint density at radius 3 is 2.81 bits per heavy atom. The van der Waals surface area contributed by atoms with E-state index >= 15 is 0 Å². The highest BCUT2D eigenvalue weighted by Crippen LogP contribution is 2.37. The molecule has 1 rings (SSSR count). The van der Waals surface area contributed by atoms with Crippen LogP contribution < -0.4 is 0 Å². The van der Waals surface area contributed by atoms with E-state index in [1.807, 2.05) is 0 Å². The van der Waals surface area contributed by atoms with Gasteiger partial charge in [0.1, 0.15) is 11.9 Å². The van der Waals surface area contributed by atoms with Gasteiger partial charge in [-0.1, -0.05) is 31.4 Å². The SMILES string of the molecule is COC#CC/C=C1\CCC(=O)CCC1(C)C. The molecule has 0 aromatic heterocycles. The summed E-state index contributed by atoms with van der Waals surface area (Å²) in [6.45, 7) is 4.42. The van der Waals surface area contributed by atoms with Crippen molar-refractivity contribution in [2.24, 2.45) is 5.41 Å². The van der Waals surface area contributed by atoms with Gasteiger partial charge in [-0.05, 0) is 18.3 Å². The van der Waals surface area contributed by atoms with Crippen LogP contribution in [0, 0.1) is 17.4 Å². The molecule has 0 aromatic rings. The summed E-state index contributed by atoms with van der Waals surface area (Å²) in [5.41, 5.74) is 1.50. The normalized spacial score (nSPS) is 22.2. The Morgan fingerprint density at radius 1 is 1.38 bits per heavy atom. The van der Waals surface area contributed by atoms with Crippen LogP contribution in [0.15, 0.2) is 11.6 Å². The van der Waals surface area contributed by atoms with Crippen LogP contribution in [0.1, 0.15) is 46.0 Å². The molecule has 88 valence electrons. The molecule has 0 spiro atoms. The van der Waals surface area contributed by atoms with Gasteiger partial charge in [-0.15, -0.1) is 0 Å². The number of carbonyl (C=O) groups excluding carboxylic acids is 1. The molecule has 1 saturated carbocycles. The number of hydrogen-bond acceptors (Lipinski definition) is 2. The molecule has 0 N–H and O–H groups in total. The third-order valence-corrected chi connectivity index (χ3v) is 3.20. The molecule has 2 heteroatoms. The third-order valence-electron chi connectivity index (χ3n) is 3.20. The molecule has 0 aromatic carbocycles. The highest BCUT2D eigenvalue weighted by molar-refractivity contribution is 5.79. The van der Waals surface area contributed by atoms with E-state index in [0.717, 1.165) is 12.8 Å². The molecule has 0 saturated heterocycles. The maximum absolute atomic E-state index is 11.4. The van der Waals surface area contributed by atoms with Crippen LogP contribution in [0.5, 0.6) is 0 Å². The Morgan fingerprint density at radius 2 is 2.12 bits per heavy atom. The van der Waals surface area contributed by atoms with E-state index in [2.05, 4.69) is 36.7 Å². The van der Waals surface area contributed by atoms with Gasteiger partial charge in [0.25, 0.3) is 0 Å². The van der Waals surface area contributed by atoms with Crippen LogP contribution in [-0.4, -0.2) is 12.9 Å². The van der Waals surface area contributed by atoms with Crippen molar-refractivity contribution in [3.8, 4) is 12.0 Å². The third kappa shape index (κ3) is 3.73. The number of carbonyl (C=O) groups is 1. The first kappa shape index (κ1) is 12.8. The summed E-state index contributed by atoms with van der Waals surface area (Å²) in [6.07, 6.45) is 8.69. The topological polar surface area (TPSA) is 26.3 Å². The van der Waals surface area contributed by atoms with Crippen LogP contribution in [0.2, 0.25) is 0 Å². The Balaban J connectivity index is 2.71. The zero-order chi connectivity index (χ0) is 12.0. The summed E-state index contributed by atoms with van der Waals surface area (Å²) >= 11 is 0. The molecule has 1 aliphatic carbocycles. The Labute approximate surface area is 98.1 Å². The minimum atomic E-state index is 0.140. The fourth-order valence-electron chi connectivity index (χ4n) is 2.02. The molecule has 0 bridgehead atoms. The quantitative estimate of drug-likeness (QED) is 0.385. The number of ether oxygens (including phenoxy) is 1. The van der Waals surface area contributed by atoms with Crippen molar-refractivity contribution < 1.29 is 9.53 Å². The molecule has 16 heavy (non-hydrogen) atoms. The zero-order valence-corrected chi connectivity index (χ0v) is 10.4. The van der Waals surface area contributed by atoms with E-state index in [1.54, 1.807) is 7.11 Å². The highest BCUT2D eigenvalue weighted by atomic mass is 16.5. The van der Waals surface area contributed by atoms with E-state index in [-0.39, 0.29) is 5.41 Å². The summed E-state index contributed by atoms with van der Waals surface area (Å²) in [4.78, 5) is 11.4. The zero-order valence-electron chi connectivity index (χ0n) is 10.4. The molecule has 0 aliphatic heterocycles. The first-order valence-electron chi connectivity index (χ1n) is 5.78. The van der Waals surface area contributed by atoms with Crippen LogP contribution in [-0.2, 0) is 9.53 Å². The number of hydrogen-bond donors (Lipinski definition) is 0. The van der Waals surface area contributed by atoms with Crippen LogP contribution >= 0.6 is 0 Å². The number of rotatable bonds is 1. The molecular formula is C14H20O2. The van der Waals surface area contributed by atoms with Crippen molar-refractivity contribution in [1.29, 1.82) is 0 Å². The van der Waals surface area contributed by atoms with E-state index in [9.17, 15) is 4.79 Å². The van der Waals surface area contributed by atoms with Crippen molar-refractivity contribution in [3.05, 3.63) is 11.6 Å². The lowest BCUT2D eigenvalue weighted by Crippen LogP contribution is -2.13. The lowest BCUT2D eigenvalue weighted by Gasteiger charge is -2.25. The molecule has 0 heterocycles. The minimum Gasteiger partial charge on any atom is -0.450 e. The van der Waals surface area contributed by atoms with E-state index in [0.29, 0.717) is 25.0 Å². The van der Waals surface area contributed by atoms with Gasteiger partial charge in [0.05, 0.1) is 7.11 Å². The van der Waals surface area contributed by atoms with E-state index in [4.69, 9.17) is 0 Å². The molecule has 2 nitrogen and oxygen atoms in total. The molecule has 0 radical (unpaired) electrons. The molecule has 0 atom stereocenters. The second-order valence-corrected chi connectivity index (χ2v) is 4.84. The van der Waals surface area contributed by atoms with Gasteiger partial charge < -0.3 is 4.74 Å². The molecular weight excluding hydrogens is 200 g/mol. The van der Waals surface area contributed by atoms with Crippen LogP contribution in [0.4, 0.5) is 0 Å². The smallest absolute Gasteiger partial charge is 0.133 e. The second kappa shape index (κ2) is 5.75. The largest absolute Gasteiger partial charge is 0.450 e. The van der Waals surface area contributed by atoms with Crippen LogP contribution in [0.25, 0.3) is 0 Å². The van der Waals surface area contributed by atoms with E-state index < -0.39 is 0 Å². The van der Waals surface area contributed by atoms with Crippen molar-refractivity contribution in [2.45, 2.75) is 46.0 Å². The van der Waals surface area contributed by atoms with Crippen LogP contribution in [0.3, 0.4) is 0 Å². The van der Waals surface area contributed by atoms with Crippen molar-refractivity contribution in [3.63, 3.8) is 0 Å². The Kier molecular flexibility index (Phi) is 4.61. The number of allylic oxidation sites excluding steroid dienone is 2. The average Bonchev–Trinajstić information content (AvgIpc) is 2.36. The summed E-state index contributed by atoms with van der Waals surface area (Å²) < 4.78 is 4.68. The van der Waals surface area contributed by atoms with Gasteiger partial charge in [-0.3, -0.25) is 4.79 Å². The molecule has 1 fully saturated rings. The molecule has 0 amide bonds. The maximum Gasteiger partial charge on any atom is 0.133 e. The lowest BCUT2D eigenvalue weighted by molar-refractivity contribution is -0.119. The van der Waals surface area contributed by atoms with Gasteiger partial charge in [0, 0.05) is 19.3 Å².